The van der Waals surface area contributed by atoms with Crippen molar-refractivity contribution < 1.29 is 4.74 Å². The summed E-state index contributed by atoms with van der Waals surface area (Å²) >= 11 is 0. The van der Waals surface area contributed by atoms with Gasteiger partial charge in [0.1, 0.15) is 0 Å². The maximum Gasteiger partial charge on any atom is 0.0651 e. The van der Waals surface area contributed by atoms with Gasteiger partial charge in [-0.1, -0.05) is 32.4 Å². The van der Waals surface area contributed by atoms with Crippen LogP contribution in [0.4, 0.5) is 0 Å². The second-order valence-electron chi connectivity index (χ2n) is 5.22. The molecule has 0 N–H and O–H groups in total. The molecule has 0 aromatic carbocycles. The molecular weight excluding hydrogens is 160 g/mol. The molecule has 0 radical (unpaired) electrons. The van der Waals surface area contributed by atoms with Gasteiger partial charge in [-0.05, 0) is 24.7 Å². The maximum atomic E-state index is 5.77. The second-order valence-corrected chi connectivity index (χ2v) is 5.22. The molecule has 13 heavy (non-hydrogen) atoms. The molecule has 1 nitrogen and oxygen atoms in total. The Balaban J connectivity index is 2.10. The third-order valence-electron chi connectivity index (χ3n) is 3.40. The van der Waals surface area contributed by atoms with Crippen LogP contribution in [0.2, 0.25) is 0 Å². The Morgan fingerprint density at radius 1 is 1.38 bits per heavy atom. The summed E-state index contributed by atoms with van der Waals surface area (Å²) in [6, 6.07) is 0. The highest BCUT2D eigenvalue weighted by Crippen LogP contribution is 2.39. The molecule has 1 saturated carbocycles. The highest BCUT2D eigenvalue weighted by molar-refractivity contribution is 4.99. The summed E-state index contributed by atoms with van der Waals surface area (Å²) in [5, 5.41) is 0. The van der Waals surface area contributed by atoms with E-state index in [1.165, 1.54) is 25.7 Å². The fraction of sp³-hybridized carbons (Fsp3) is 0.833. The first kappa shape index (κ1) is 9.26. The van der Waals surface area contributed by atoms with E-state index < -0.39 is 0 Å². The van der Waals surface area contributed by atoms with E-state index in [0.29, 0.717) is 17.4 Å². The van der Waals surface area contributed by atoms with Crippen molar-refractivity contribution in [1.29, 1.82) is 0 Å². The average Bonchev–Trinajstić information content (AvgIpc) is 2.21. The highest BCUT2D eigenvalue weighted by atomic mass is 16.5. The van der Waals surface area contributed by atoms with Crippen molar-refractivity contribution >= 4 is 0 Å². The molecule has 2 atom stereocenters. The first-order chi connectivity index (χ1) is 6.17. The predicted molar refractivity (Wildman–Crippen MR) is 54.6 cm³/mol. The minimum Gasteiger partial charge on any atom is -0.374 e. The summed E-state index contributed by atoms with van der Waals surface area (Å²) in [6.07, 6.45) is 10.3. The molecule has 2 aliphatic rings. The van der Waals surface area contributed by atoms with Gasteiger partial charge in [-0.2, -0.15) is 0 Å². The molecular formula is C12H20O. The Morgan fingerprint density at radius 2 is 2.23 bits per heavy atom. The van der Waals surface area contributed by atoms with E-state index in [9.17, 15) is 0 Å². The van der Waals surface area contributed by atoms with Crippen molar-refractivity contribution in [3.05, 3.63) is 12.2 Å². The van der Waals surface area contributed by atoms with Crippen LogP contribution >= 0.6 is 0 Å². The Morgan fingerprint density at radius 3 is 3.08 bits per heavy atom. The Hall–Kier alpha value is -0.300. The average molecular weight is 180 g/mol. The van der Waals surface area contributed by atoms with Crippen molar-refractivity contribution in [2.24, 2.45) is 11.3 Å². The molecule has 0 spiro atoms. The van der Waals surface area contributed by atoms with E-state index in [-0.39, 0.29) is 0 Å². The largest absolute Gasteiger partial charge is 0.374 e. The van der Waals surface area contributed by atoms with Gasteiger partial charge < -0.3 is 4.74 Å². The van der Waals surface area contributed by atoms with Crippen molar-refractivity contribution in [2.75, 3.05) is 6.61 Å². The molecule has 0 bridgehead atoms. The third kappa shape index (κ3) is 2.14. The molecule has 2 unspecified atom stereocenters. The summed E-state index contributed by atoms with van der Waals surface area (Å²) in [7, 11) is 0. The third-order valence-corrected chi connectivity index (χ3v) is 3.40. The minimum atomic E-state index is 0.518. The van der Waals surface area contributed by atoms with Crippen LogP contribution in [0.1, 0.15) is 39.5 Å². The zero-order valence-electron chi connectivity index (χ0n) is 8.75. The summed E-state index contributed by atoms with van der Waals surface area (Å²) in [4.78, 5) is 0. The molecule has 0 aromatic rings. The van der Waals surface area contributed by atoms with Gasteiger partial charge in [0.2, 0.25) is 0 Å². The first-order valence-corrected chi connectivity index (χ1v) is 5.46. The number of hydrogen-bond acceptors (Lipinski definition) is 1. The SMILES string of the molecule is CC1(C)CCCC2OCC=CC2C1. The first-order valence-electron chi connectivity index (χ1n) is 5.46. The molecule has 0 amide bonds. The number of fused-ring (bicyclic) bond motifs is 1. The topological polar surface area (TPSA) is 9.23 Å². The van der Waals surface area contributed by atoms with Crippen LogP contribution in [0.25, 0.3) is 0 Å². The fourth-order valence-electron chi connectivity index (χ4n) is 2.68. The molecule has 1 fully saturated rings. The van der Waals surface area contributed by atoms with Crippen molar-refractivity contribution in [1.82, 2.24) is 0 Å². The molecule has 1 aliphatic carbocycles. The zero-order chi connectivity index (χ0) is 9.31. The van der Waals surface area contributed by atoms with E-state index in [2.05, 4.69) is 26.0 Å². The Labute approximate surface area is 81.2 Å². The molecule has 2 rings (SSSR count). The smallest absolute Gasteiger partial charge is 0.0651 e. The van der Waals surface area contributed by atoms with E-state index in [0.717, 1.165) is 6.61 Å². The van der Waals surface area contributed by atoms with E-state index >= 15 is 0 Å². The van der Waals surface area contributed by atoms with Crippen LogP contribution in [0.3, 0.4) is 0 Å². The Kier molecular flexibility index (Phi) is 2.46. The van der Waals surface area contributed by atoms with Crippen LogP contribution in [-0.4, -0.2) is 12.7 Å². The number of ether oxygens (including phenoxy) is 1. The van der Waals surface area contributed by atoms with Gasteiger partial charge in [-0.15, -0.1) is 0 Å². The van der Waals surface area contributed by atoms with Crippen LogP contribution < -0.4 is 0 Å². The summed E-state index contributed by atoms with van der Waals surface area (Å²) in [5.41, 5.74) is 0.518. The molecule has 74 valence electrons. The number of rotatable bonds is 0. The monoisotopic (exact) mass is 180 g/mol. The van der Waals surface area contributed by atoms with Gasteiger partial charge in [0.15, 0.2) is 0 Å². The van der Waals surface area contributed by atoms with Crippen molar-refractivity contribution in [3.8, 4) is 0 Å². The standard InChI is InChI=1S/C12H20O/c1-12(2)7-3-6-11-10(9-12)5-4-8-13-11/h4-5,10-11H,3,6-9H2,1-2H3. The zero-order valence-corrected chi connectivity index (χ0v) is 8.75. The van der Waals surface area contributed by atoms with Crippen LogP contribution in [-0.2, 0) is 4.74 Å². The lowest BCUT2D eigenvalue weighted by molar-refractivity contribution is 0.0244. The van der Waals surface area contributed by atoms with Crippen LogP contribution in [0.15, 0.2) is 12.2 Å². The quantitative estimate of drug-likeness (QED) is 0.520. The fourth-order valence-corrected chi connectivity index (χ4v) is 2.68. The molecule has 0 aromatic heterocycles. The molecule has 1 aliphatic heterocycles. The van der Waals surface area contributed by atoms with Gasteiger partial charge in [0, 0.05) is 5.92 Å². The molecule has 1 heteroatoms. The summed E-state index contributed by atoms with van der Waals surface area (Å²) in [6.45, 7) is 5.61. The summed E-state index contributed by atoms with van der Waals surface area (Å²) < 4.78 is 5.77. The van der Waals surface area contributed by atoms with Gasteiger partial charge in [0.25, 0.3) is 0 Å². The van der Waals surface area contributed by atoms with Crippen molar-refractivity contribution in [3.63, 3.8) is 0 Å². The van der Waals surface area contributed by atoms with Crippen LogP contribution in [0.5, 0.6) is 0 Å². The van der Waals surface area contributed by atoms with Gasteiger partial charge in [-0.25, -0.2) is 0 Å². The van der Waals surface area contributed by atoms with Crippen LogP contribution in [0, 0.1) is 11.3 Å². The van der Waals surface area contributed by atoms with Gasteiger partial charge in [0.05, 0.1) is 12.7 Å². The van der Waals surface area contributed by atoms with E-state index in [1.807, 2.05) is 0 Å². The lowest BCUT2D eigenvalue weighted by atomic mass is 9.80. The van der Waals surface area contributed by atoms with Gasteiger partial charge >= 0.3 is 0 Å². The van der Waals surface area contributed by atoms with E-state index in [4.69, 9.17) is 4.74 Å². The number of hydrogen-bond donors (Lipinski definition) is 0. The maximum absolute atomic E-state index is 5.77. The van der Waals surface area contributed by atoms with Crippen molar-refractivity contribution in [2.45, 2.75) is 45.6 Å². The van der Waals surface area contributed by atoms with E-state index in [1.54, 1.807) is 0 Å². The predicted octanol–water partition coefficient (Wildman–Crippen LogP) is 3.16. The second kappa shape index (κ2) is 3.45. The molecule has 0 saturated heterocycles. The Bertz CT molecular complexity index is 205. The minimum absolute atomic E-state index is 0.518. The normalized spacial score (nSPS) is 38.0. The highest BCUT2D eigenvalue weighted by Gasteiger charge is 2.32. The lowest BCUT2D eigenvalue weighted by Crippen LogP contribution is -2.27. The molecule has 1 heterocycles. The summed E-state index contributed by atoms with van der Waals surface area (Å²) in [5.74, 6) is 0.686. The lowest BCUT2D eigenvalue weighted by Gasteiger charge is -2.30. The van der Waals surface area contributed by atoms with Gasteiger partial charge in [-0.3, -0.25) is 0 Å².